The van der Waals surface area contributed by atoms with E-state index in [-0.39, 0.29) is 5.91 Å². The van der Waals surface area contributed by atoms with E-state index in [9.17, 15) is 13.2 Å². The summed E-state index contributed by atoms with van der Waals surface area (Å²) in [4.78, 5) is 13.8. The van der Waals surface area contributed by atoms with Crippen LogP contribution in [0.4, 0.5) is 5.69 Å². The number of amides is 1. The van der Waals surface area contributed by atoms with E-state index in [1.807, 2.05) is 54.8 Å². The maximum atomic E-state index is 13.2. The van der Waals surface area contributed by atoms with Crippen molar-refractivity contribution in [3.63, 3.8) is 0 Å². The summed E-state index contributed by atoms with van der Waals surface area (Å²) >= 11 is 1.36. The van der Waals surface area contributed by atoms with Crippen LogP contribution in [-0.4, -0.2) is 31.3 Å². The third-order valence-corrected chi connectivity index (χ3v) is 6.30. The van der Waals surface area contributed by atoms with Gasteiger partial charge >= 0.3 is 0 Å². The van der Waals surface area contributed by atoms with Crippen LogP contribution in [-0.2, 0) is 10.0 Å². The number of hydrazone groups is 1. The summed E-state index contributed by atoms with van der Waals surface area (Å²) < 4.78 is 26.3. The van der Waals surface area contributed by atoms with Gasteiger partial charge in [-0.15, -0.1) is 11.3 Å². The first-order valence-electron chi connectivity index (χ1n) is 9.40. The average Bonchev–Trinajstić information content (AvgIpc) is 3.38. The van der Waals surface area contributed by atoms with Crippen LogP contribution in [0.5, 0.6) is 0 Å². The van der Waals surface area contributed by atoms with Gasteiger partial charge in [0.05, 0.1) is 28.6 Å². The summed E-state index contributed by atoms with van der Waals surface area (Å²) in [5.74, 6) is -0.203. The van der Waals surface area contributed by atoms with Crippen molar-refractivity contribution >= 4 is 38.7 Å². The van der Waals surface area contributed by atoms with E-state index in [4.69, 9.17) is 0 Å². The molecule has 2 heterocycles. The van der Waals surface area contributed by atoms with Gasteiger partial charge in [-0.3, -0.25) is 9.52 Å². The van der Waals surface area contributed by atoms with Crippen LogP contribution in [0.2, 0.25) is 0 Å². The fourth-order valence-electron chi connectivity index (χ4n) is 3.45. The van der Waals surface area contributed by atoms with Gasteiger partial charge < -0.3 is 0 Å². The highest BCUT2D eigenvalue weighted by atomic mass is 32.2. The molecule has 154 valence electrons. The molecule has 0 fully saturated rings. The van der Waals surface area contributed by atoms with Crippen LogP contribution in [0.15, 0.2) is 71.1 Å². The molecule has 1 aliphatic heterocycles. The van der Waals surface area contributed by atoms with E-state index < -0.39 is 16.1 Å². The van der Waals surface area contributed by atoms with Gasteiger partial charge in [0.15, 0.2) is 0 Å². The molecular formula is C22H21N3O3S2. The van der Waals surface area contributed by atoms with Crippen molar-refractivity contribution in [3.8, 4) is 0 Å². The van der Waals surface area contributed by atoms with E-state index in [0.717, 1.165) is 23.1 Å². The number of aryl methyl sites for hydroxylation is 1. The second-order valence-electron chi connectivity index (χ2n) is 7.22. The number of anilines is 1. The smallest absolute Gasteiger partial charge is 0.283 e. The highest BCUT2D eigenvalue weighted by Gasteiger charge is 2.35. The molecule has 0 bridgehead atoms. The predicted octanol–water partition coefficient (Wildman–Crippen LogP) is 4.42. The Hall–Kier alpha value is -2.97. The third-order valence-electron chi connectivity index (χ3n) is 4.85. The topological polar surface area (TPSA) is 78.8 Å². The monoisotopic (exact) mass is 439 g/mol. The number of benzene rings is 2. The molecule has 0 aliphatic carbocycles. The summed E-state index contributed by atoms with van der Waals surface area (Å²) in [6.07, 6.45) is 1.60. The first-order chi connectivity index (χ1) is 14.3. The minimum atomic E-state index is -3.47. The van der Waals surface area contributed by atoms with Crippen molar-refractivity contribution in [2.75, 3.05) is 11.0 Å². The fourth-order valence-corrected chi connectivity index (χ4v) is 4.69. The van der Waals surface area contributed by atoms with Crippen LogP contribution in [0.25, 0.3) is 0 Å². The maximum absolute atomic E-state index is 13.2. The Bertz CT molecular complexity index is 1200. The summed E-state index contributed by atoms with van der Waals surface area (Å²) in [5, 5.41) is 7.99. The van der Waals surface area contributed by atoms with Crippen LogP contribution >= 0.6 is 11.3 Å². The molecule has 6 nitrogen and oxygen atoms in total. The number of sulfonamides is 1. The van der Waals surface area contributed by atoms with Gasteiger partial charge in [0.1, 0.15) is 0 Å². The van der Waals surface area contributed by atoms with E-state index in [2.05, 4.69) is 9.82 Å². The molecule has 0 saturated heterocycles. The summed E-state index contributed by atoms with van der Waals surface area (Å²) in [7, 11) is -3.47. The van der Waals surface area contributed by atoms with Gasteiger partial charge in [-0.2, -0.15) is 5.10 Å². The Balaban J connectivity index is 1.77. The molecule has 1 N–H and O–H groups in total. The van der Waals surface area contributed by atoms with Gasteiger partial charge in [-0.25, -0.2) is 13.4 Å². The van der Waals surface area contributed by atoms with Crippen LogP contribution in [0.3, 0.4) is 0 Å². The molecule has 2 aromatic carbocycles. The molecule has 1 amide bonds. The van der Waals surface area contributed by atoms with Gasteiger partial charge in [0.25, 0.3) is 5.91 Å². The zero-order valence-electron chi connectivity index (χ0n) is 16.6. The minimum Gasteiger partial charge on any atom is -0.283 e. The number of hydrogen-bond acceptors (Lipinski definition) is 5. The molecule has 8 heteroatoms. The standard InChI is InChI=1S/C22H21N3O3S2/c1-15-9-11-16(12-10-15)19-14-20(25(23-19)22(26)21-8-5-13-29-21)17-6-3-4-7-18(17)24-30(2,27)28/h3-13,20,24H,14H2,1-2H3. The quantitative estimate of drug-likeness (QED) is 0.639. The van der Waals surface area contributed by atoms with Crippen molar-refractivity contribution in [1.82, 2.24) is 5.01 Å². The molecule has 4 rings (SSSR count). The van der Waals surface area contributed by atoms with Gasteiger partial charge in [0, 0.05) is 12.0 Å². The molecule has 1 aromatic heterocycles. The lowest BCUT2D eigenvalue weighted by molar-refractivity contribution is 0.0717. The van der Waals surface area contributed by atoms with Gasteiger partial charge in [-0.1, -0.05) is 54.1 Å². The molecule has 1 unspecified atom stereocenters. The Morgan fingerprint density at radius 2 is 1.83 bits per heavy atom. The Labute approximate surface area is 179 Å². The SMILES string of the molecule is Cc1ccc(C2=NN(C(=O)c3cccs3)C(c3ccccc3NS(C)(=O)=O)C2)cc1. The Kier molecular flexibility index (Phi) is 5.44. The molecule has 1 atom stereocenters. The minimum absolute atomic E-state index is 0.203. The number of carbonyl (C=O) groups excluding carboxylic acids is 1. The lowest BCUT2D eigenvalue weighted by atomic mass is 9.97. The van der Waals surface area contributed by atoms with Gasteiger partial charge in [0.2, 0.25) is 10.0 Å². The van der Waals surface area contributed by atoms with E-state index >= 15 is 0 Å². The number of para-hydroxylation sites is 1. The Morgan fingerprint density at radius 3 is 2.50 bits per heavy atom. The van der Waals surface area contributed by atoms with E-state index in [1.54, 1.807) is 18.2 Å². The number of nitrogens with zero attached hydrogens (tertiary/aromatic N) is 2. The molecule has 30 heavy (non-hydrogen) atoms. The van der Waals surface area contributed by atoms with Crippen LogP contribution < -0.4 is 4.72 Å². The van der Waals surface area contributed by atoms with Crippen molar-refractivity contribution in [1.29, 1.82) is 0 Å². The first-order valence-corrected chi connectivity index (χ1v) is 12.2. The van der Waals surface area contributed by atoms with Crippen LogP contribution in [0, 0.1) is 6.92 Å². The second kappa shape index (κ2) is 8.04. The zero-order valence-corrected chi connectivity index (χ0v) is 18.2. The average molecular weight is 440 g/mol. The highest BCUT2D eigenvalue weighted by molar-refractivity contribution is 7.92. The normalized spacial score (nSPS) is 16.4. The summed E-state index contributed by atoms with van der Waals surface area (Å²) in [5.41, 5.74) is 4.04. The Morgan fingerprint density at radius 1 is 1.10 bits per heavy atom. The van der Waals surface area contributed by atoms with E-state index in [1.165, 1.54) is 16.3 Å². The fraction of sp³-hybridized carbons (Fsp3) is 0.182. The molecule has 0 saturated carbocycles. The first kappa shape index (κ1) is 20.3. The second-order valence-corrected chi connectivity index (χ2v) is 9.92. The van der Waals surface area contributed by atoms with Crippen molar-refractivity contribution in [3.05, 3.63) is 87.6 Å². The highest BCUT2D eigenvalue weighted by Crippen LogP contribution is 2.38. The van der Waals surface area contributed by atoms with Crippen molar-refractivity contribution < 1.29 is 13.2 Å². The maximum Gasteiger partial charge on any atom is 0.284 e. The third kappa shape index (κ3) is 4.29. The lowest BCUT2D eigenvalue weighted by Crippen LogP contribution is -2.27. The number of carbonyl (C=O) groups is 1. The summed E-state index contributed by atoms with van der Waals surface area (Å²) in [6.45, 7) is 2.02. The lowest BCUT2D eigenvalue weighted by Gasteiger charge is -2.23. The largest absolute Gasteiger partial charge is 0.284 e. The number of rotatable bonds is 5. The van der Waals surface area contributed by atoms with E-state index in [0.29, 0.717) is 22.5 Å². The molecular weight excluding hydrogens is 418 g/mol. The number of hydrogen-bond donors (Lipinski definition) is 1. The summed E-state index contributed by atoms with van der Waals surface area (Å²) in [6, 6.07) is 18.3. The number of nitrogens with one attached hydrogen (secondary N) is 1. The predicted molar refractivity (Wildman–Crippen MR) is 120 cm³/mol. The van der Waals surface area contributed by atoms with Crippen molar-refractivity contribution in [2.24, 2.45) is 5.10 Å². The molecule has 1 aliphatic rings. The van der Waals surface area contributed by atoms with Gasteiger partial charge in [-0.05, 0) is 30.0 Å². The zero-order chi connectivity index (χ0) is 21.3. The number of thiophene rings is 1. The van der Waals surface area contributed by atoms with Crippen molar-refractivity contribution in [2.45, 2.75) is 19.4 Å². The molecule has 3 aromatic rings. The molecule has 0 spiro atoms. The van der Waals surface area contributed by atoms with Crippen LogP contribution in [0.1, 0.15) is 38.8 Å². The molecule has 0 radical (unpaired) electrons.